The Kier molecular flexibility index (Phi) is 7.57. The summed E-state index contributed by atoms with van der Waals surface area (Å²) in [6.07, 6.45) is 3.54. The smallest absolute Gasteiger partial charge is 0.227 e. The first-order chi connectivity index (χ1) is 13.0. The van der Waals surface area contributed by atoms with Gasteiger partial charge in [-0.1, -0.05) is 6.42 Å². The third-order valence-corrected chi connectivity index (χ3v) is 5.04. The first kappa shape index (κ1) is 23.1. The predicted molar refractivity (Wildman–Crippen MR) is 115 cm³/mol. The summed E-state index contributed by atoms with van der Waals surface area (Å²) in [6, 6.07) is 9.41. The van der Waals surface area contributed by atoms with Gasteiger partial charge in [0.2, 0.25) is 5.91 Å². The number of carbonyl (C=O) groups excluding carboxylic acids is 1. The Morgan fingerprint density at radius 3 is 2.48 bits per heavy atom. The van der Waals surface area contributed by atoms with Crippen molar-refractivity contribution in [3.05, 3.63) is 48.0 Å². The predicted octanol–water partition coefficient (Wildman–Crippen LogP) is 4.81. The molecule has 3 aromatic rings. The number of imidazole rings is 1. The molecule has 156 valence electrons. The van der Waals surface area contributed by atoms with Gasteiger partial charge in [-0.15, -0.1) is 24.8 Å². The van der Waals surface area contributed by atoms with E-state index in [-0.39, 0.29) is 42.7 Å². The number of anilines is 1. The van der Waals surface area contributed by atoms with Crippen molar-refractivity contribution < 1.29 is 13.6 Å². The van der Waals surface area contributed by atoms with Crippen LogP contribution >= 0.6 is 24.8 Å². The molecule has 2 atom stereocenters. The van der Waals surface area contributed by atoms with Crippen molar-refractivity contribution >= 4 is 47.4 Å². The molecule has 5 nitrogen and oxygen atoms in total. The fourth-order valence-electron chi connectivity index (χ4n) is 3.56. The van der Waals surface area contributed by atoms with Crippen LogP contribution in [-0.2, 0) is 4.79 Å². The van der Waals surface area contributed by atoms with E-state index < -0.39 is 11.6 Å². The van der Waals surface area contributed by atoms with E-state index in [4.69, 9.17) is 5.73 Å². The molecule has 1 aliphatic rings. The van der Waals surface area contributed by atoms with E-state index in [1.54, 1.807) is 24.3 Å². The Hall–Kier alpha value is -2.22. The van der Waals surface area contributed by atoms with Crippen LogP contribution in [-0.4, -0.2) is 21.9 Å². The van der Waals surface area contributed by atoms with E-state index >= 15 is 0 Å². The molecule has 1 aromatic heterocycles. The number of aromatic amines is 1. The second-order valence-corrected chi connectivity index (χ2v) is 7.06. The van der Waals surface area contributed by atoms with Crippen LogP contribution in [0.5, 0.6) is 0 Å². The van der Waals surface area contributed by atoms with Crippen molar-refractivity contribution in [2.24, 2.45) is 11.7 Å². The summed E-state index contributed by atoms with van der Waals surface area (Å²) in [6.45, 7) is 0. The second kappa shape index (κ2) is 9.52. The maximum Gasteiger partial charge on any atom is 0.227 e. The Labute approximate surface area is 179 Å². The van der Waals surface area contributed by atoms with Gasteiger partial charge in [-0.25, -0.2) is 13.8 Å². The van der Waals surface area contributed by atoms with Gasteiger partial charge in [0.25, 0.3) is 0 Å². The number of amides is 1. The van der Waals surface area contributed by atoms with Gasteiger partial charge in [0.15, 0.2) is 11.6 Å². The Bertz CT molecular complexity index is 955. The quantitative estimate of drug-likeness (QED) is 0.544. The Balaban J connectivity index is 0.00000150. The number of nitrogens with two attached hydrogens (primary N) is 1. The number of nitrogens with one attached hydrogen (secondary N) is 2. The number of halogens is 4. The van der Waals surface area contributed by atoms with Crippen LogP contribution in [0, 0.1) is 17.6 Å². The molecule has 2 unspecified atom stereocenters. The van der Waals surface area contributed by atoms with Gasteiger partial charge in [0.05, 0.1) is 11.0 Å². The molecular weight excluding hydrogens is 421 g/mol. The van der Waals surface area contributed by atoms with Crippen molar-refractivity contribution in [2.45, 2.75) is 31.7 Å². The van der Waals surface area contributed by atoms with Gasteiger partial charge in [0, 0.05) is 35.3 Å². The molecule has 0 saturated heterocycles. The monoisotopic (exact) mass is 442 g/mol. The Morgan fingerprint density at radius 2 is 1.79 bits per heavy atom. The number of rotatable bonds is 3. The maximum absolute atomic E-state index is 13.3. The van der Waals surface area contributed by atoms with Crippen LogP contribution in [0.3, 0.4) is 0 Å². The van der Waals surface area contributed by atoms with Crippen molar-refractivity contribution in [2.75, 3.05) is 5.32 Å². The van der Waals surface area contributed by atoms with Crippen LogP contribution in [0.25, 0.3) is 22.4 Å². The van der Waals surface area contributed by atoms with Gasteiger partial charge in [0.1, 0.15) is 5.82 Å². The number of H-pyrrole nitrogens is 1. The summed E-state index contributed by atoms with van der Waals surface area (Å²) in [5.41, 5.74) is 8.18. The lowest BCUT2D eigenvalue weighted by Crippen LogP contribution is -2.34. The molecule has 0 aliphatic heterocycles. The number of fused-ring (bicyclic) bond motifs is 1. The molecule has 0 spiro atoms. The van der Waals surface area contributed by atoms with Crippen LogP contribution in [0.4, 0.5) is 14.5 Å². The molecule has 4 rings (SSSR count). The zero-order valence-corrected chi connectivity index (χ0v) is 17.1. The molecule has 0 bridgehead atoms. The SMILES string of the molecule is Cl.Cl.NC1CCCC(C(=O)Nc2ccc(-c3nc4cc(F)c(F)cc4[nH]3)cc2)C1. The van der Waals surface area contributed by atoms with Crippen molar-refractivity contribution in [3.8, 4) is 11.4 Å². The largest absolute Gasteiger partial charge is 0.338 e. The molecule has 0 radical (unpaired) electrons. The lowest BCUT2D eigenvalue weighted by Gasteiger charge is -2.25. The number of aromatic nitrogens is 2. The van der Waals surface area contributed by atoms with Gasteiger partial charge in [-0.05, 0) is 43.5 Å². The molecule has 1 amide bonds. The minimum Gasteiger partial charge on any atom is -0.338 e. The average Bonchev–Trinajstić information content (AvgIpc) is 3.05. The van der Waals surface area contributed by atoms with Gasteiger partial charge >= 0.3 is 0 Å². The van der Waals surface area contributed by atoms with Crippen LogP contribution in [0.15, 0.2) is 36.4 Å². The summed E-state index contributed by atoms with van der Waals surface area (Å²) in [4.78, 5) is 19.7. The minimum absolute atomic E-state index is 0. The zero-order chi connectivity index (χ0) is 19.0. The molecule has 9 heteroatoms. The van der Waals surface area contributed by atoms with Gasteiger partial charge < -0.3 is 16.0 Å². The molecule has 1 aliphatic carbocycles. The number of hydrogen-bond acceptors (Lipinski definition) is 3. The number of hydrogen-bond donors (Lipinski definition) is 3. The van der Waals surface area contributed by atoms with E-state index in [0.29, 0.717) is 22.5 Å². The lowest BCUT2D eigenvalue weighted by molar-refractivity contribution is -0.120. The highest BCUT2D eigenvalue weighted by Gasteiger charge is 2.25. The maximum atomic E-state index is 13.3. The Morgan fingerprint density at radius 1 is 1.10 bits per heavy atom. The van der Waals surface area contributed by atoms with E-state index in [9.17, 15) is 13.6 Å². The molecular formula is C20H22Cl2F2N4O. The van der Waals surface area contributed by atoms with E-state index in [1.165, 1.54) is 0 Å². The van der Waals surface area contributed by atoms with E-state index in [0.717, 1.165) is 43.4 Å². The lowest BCUT2D eigenvalue weighted by atomic mass is 9.85. The molecule has 2 aromatic carbocycles. The van der Waals surface area contributed by atoms with Crippen molar-refractivity contribution in [3.63, 3.8) is 0 Å². The summed E-state index contributed by atoms with van der Waals surface area (Å²) in [5, 5.41) is 2.93. The topological polar surface area (TPSA) is 83.8 Å². The highest BCUT2D eigenvalue weighted by molar-refractivity contribution is 5.93. The number of carbonyl (C=O) groups is 1. The second-order valence-electron chi connectivity index (χ2n) is 7.06. The van der Waals surface area contributed by atoms with E-state index in [2.05, 4.69) is 15.3 Å². The highest BCUT2D eigenvalue weighted by atomic mass is 35.5. The first-order valence-corrected chi connectivity index (χ1v) is 9.01. The first-order valence-electron chi connectivity index (χ1n) is 9.01. The van der Waals surface area contributed by atoms with Crippen LogP contribution in [0.1, 0.15) is 25.7 Å². The summed E-state index contributed by atoms with van der Waals surface area (Å²) in [5.74, 6) is -1.40. The summed E-state index contributed by atoms with van der Waals surface area (Å²) in [7, 11) is 0. The van der Waals surface area contributed by atoms with Gasteiger partial charge in [-0.2, -0.15) is 0 Å². The summed E-state index contributed by atoms with van der Waals surface area (Å²) >= 11 is 0. The van der Waals surface area contributed by atoms with Crippen molar-refractivity contribution in [1.82, 2.24) is 9.97 Å². The molecule has 29 heavy (non-hydrogen) atoms. The number of nitrogens with zero attached hydrogens (tertiary/aromatic N) is 1. The zero-order valence-electron chi connectivity index (χ0n) is 15.5. The van der Waals surface area contributed by atoms with E-state index in [1.807, 2.05) is 0 Å². The fraction of sp³-hybridized carbons (Fsp3) is 0.300. The molecule has 1 saturated carbocycles. The standard InChI is InChI=1S/C20H20F2N4O.2ClH/c21-15-9-17-18(10-16(15)22)26-19(25-17)11-4-6-14(7-5-11)24-20(27)12-2-1-3-13(23)8-12;;/h4-7,9-10,12-13H,1-3,8,23H2,(H,24,27)(H,25,26);2*1H. The third kappa shape index (κ3) is 5.04. The molecule has 1 heterocycles. The third-order valence-electron chi connectivity index (χ3n) is 5.04. The average molecular weight is 443 g/mol. The molecule has 4 N–H and O–H groups in total. The van der Waals surface area contributed by atoms with Crippen molar-refractivity contribution in [1.29, 1.82) is 0 Å². The minimum atomic E-state index is -0.930. The number of benzene rings is 2. The van der Waals surface area contributed by atoms with Gasteiger partial charge in [-0.3, -0.25) is 4.79 Å². The highest BCUT2D eigenvalue weighted by Crippen LogP contribution is 2.26. The normalized spacial score (nSPS) is 18.6. The van der Waals surface area contributed by atoms with Crippen LogP contribution < -0.4 is 11.1 Å². The molecule has 1 fully saturated rings. The van der Waals surface area contributed by atoms with Crippen LogP contribution in [0.2, 0.25) is 0 Å². The fourth-order valence-corrected chi connectivity index (χ4v) is 3.56. The summed E-state index contributed by atoms with van der Waals surface area (Å²) < 4.78 is 26.7.